The molecule has 6 heteroatoms. The Morgan fingerprint density at radius 3 is 2.29 bits per heavy atom. The summed E-state index contributed by atoms with van der Waals surface area (Å²) in [5.41, 5.74) is 0.998. The standard InChI is InChI=1S/C11H16BrO3PS/c1-4-14-16(17,15-5-2)10-7-8(3)6-9(12)11(10)13/h6-7,13H,4-5H2,1-3H3. The van der Waals surface area contributed by atoms with E-state index >= 15 is 0 Å². The van der Waals surface area contributed by atoms with Gasteiger partial charge in [0.05, 0.1) is 23.0 Å². The fraction of sp³-hybridized carbons (Fsp3) is 0.455. The van der Waals surface area contributed by atoms with E-state index in [0.29, 0.717) is 23.0 Å². The van der Waals surface area contributed by atoms with Crippen molar-refractivity contribution in [3.8, 4) is 5.75 Å². The first-order chi connectivity index (χ1) is 7.94. The molecule has 3 nitrogen and oxygen atoms in total. The lowest BCUT2D eigenvalue weighted by Crippen LogP contribution is -2.12. The second kappa shape index (κ2) is 6.30. The highest BCUT2D eigenvalue weighted by molar-refractivity contribution is 9.10. The predicted molar refractivity (Wildman–Crippen MR) is 77.7 cm³/mol. The van der Waals surface area contributed by atoms with Crippen LogP contribution in [0.5, 0.6) is 5.75 Å². The van der Waals surface area contributed by atoms with E-state index in [0.717, 1.165) is 5.56 Å². The minimum Gasteiger partial charge on any atom is -0.506 e. The van der Waals surface area contributed by atoms with Gasteiger partial charge in [-0.25, -0.2) is 0 Å². The highest BCUT2D eigenvalue weighted by Crippen LogP contribution is 2.50. The fourth-order valence-electron chi connectivity index (χ4n) is 1.44. The average Bonchev–Trinajstić information content (AvgIpc) is 2.24. The summed E-state index contributed by atoms with van der Waals surface area (Å²) >= 11 is 8.76. The Hall–Kier alpha value is 0.0700. The van der Waals surface area contributed by atoms with Crippen LogP contribution in [0.2, 0.25) is 0 Å². The van der Waals surface area contributed by atoms with Crippen molar-refractivity contribution in [3.63, 3.8) is 0 Å². The van der Waals surface area contributed by atoms with Crippen LogP contribution in [-0.4, -0.2) is 18.3 Å². The van der Waals surface area contributed by atoms with E-state index in [1.165, 1.54) is 0 Å². The molecule has 1 N–H and O–H groups in total. The van der Waals surface area contributed by atoms with Gasteiger partial charge < -0.3 is 14.2 Å². The van der Waals surface area contributed by atoms with Crippen molar-refractivity contribution in [2.75, 3.05) is 13.2 Å². The molecule has 1 aromatic carbocycles. The van der Waals surface area contributed by atoms with Crippen molar-refractivity contribution in [1.82, 2.24) is 0 Å². The minimum absolute atomic E-state index is 0.112. The Labute approximate surface area is 115 Å². The van der Waals surface area contributed by atoms with E-state index in [1.807, 2.05) is 32.9 Å². The molecule has 0 heterocycles. The number of hydrogen-bond donors (Lipinski definition) is 1. The molecule has 0 fully saturated rings. The molecular weight excluding hydrogens is 323 g/mol. The minimum atomic E-state index is -2.61. The highest BCUT2D eigenvalue weighted by atomic mass is 79.9. The third kappa shape index (κ3) is 3.52. The number of hydrogen-bond acceptors (Lipinski definition) is 4. The zero-order valence-corrected chi connectivity index (χ0v) is 13.4. The van der Waals surface area contributed by atoms with Crippen molar-refractivity contribution in [2.45, 2.75) is 20.8 Å². The van der Waals surface area contributed by atoms with Gasteiger partial charge in [0.2, 0.25) is 6.49 Å². The van der Waals surface area contributed by atoms with Crippen LogP contribution < -0.4 is 5.30 Å². The smallest absolute Gasteiger partial charge is 0.223 e. The molecule has 0 aliphatic rings. The van der Waals surface area contributed by atoms with E-state index in [9.17, 15) is 5.11 Å². The van der Waals surface area contributed by atoms with Crippen molar-refractivity contribution in [1.29, 1.82) is 0 Å². The van der Waals surface area contributed by atoms with Crippen LogP contribution in [0.3, 0.4) is 0 Å². The second-order valence-corrected chi connectivity index (χ2v) is 7.74. The summed E-state index contributed by atoms with van der Waals surface area (Å²) in [5, 5.41) is 10.6. The summed E-state index contributed by atoms with van der Waals surface area (Å²) in [6, 6.07) is 3.66. The lowest BCUT2D eigenvalue weighted by molar-refractivity contribution is 0.274. The van der Waals surface area contributed by atoms with Crippen molar-refractivity contribution in [3.05, 3.63) is 22.2 Å². The van der Waals surface area contributed by atoms with E-state index in [1.54, 1.807) is 0 Å². The first kappa shape index (κ1) is 15.1. The average molecular weight is 339 g/mol. The largest absolute Gasteiger partial charge is 0.506 e. The monoisotopic (exact) mass is 338 g/mol. The third-order valence-corrected chi connectivity index (χ3v) is 6.04. The third-order valence-electron chi connectivity index (χ3n) is 2.08. The molecule has 0 saturated carbocycles. The zero-order chi connectivity index (χ0) is 13.1. The number of benzene rings is 1. The number of aromatic hydroxyl groups is 1. The van der Waals surface area contributed by atoms with Gasteiger partial charge in [0, 0.05) is 0 Å². The number of phenols is 1. The van der Waals surface area contributed by atoms with Gasteiger partial charge in [0.1, 0.15) is 5.75 Å². The molecule has 0 unspecified atom stereocenters. The lowest BCUT2D eigenvalue weighted by Gasteiger charge is -2.23. The van der Waals surface area contributed by atoms with E-state index in [2.05, 4.69) is 15.9 Å². The Balaban J connectivity index is 3.32. The molecule has 0 aromatic heterocycles. The maximum atomic E-state index is 10.1. The SMILES string of the molecule is CCOP(=S)(OCC)c1cc(C)cc(Br)c1O. The van der Waals surface area contributed by atoms with Gasteiger partial charge >= 0.3 is 0 Å². The van der Waals surface area contributed by atoms with E-state index in [4.69, 9.17) is 20.9 Å². The predicted octanol–water partition coefficient (Wildman–Crippen LogP) is 3.47. The first-order valence-electron chi connectivity index (χ1n) is 5.33. The van der Waals surface area contributed by atoms with Gasteiger partial charge in [-0.2, -0.15) is 0 Å². The van der Waals surface area contributed by atoms with Crippen LogP contribution in [0, 0.1) is 6.92 Å². The molecular formula is C11H16BrO3PS. The molecule has 1 aromatic rings. The molecule has 0 saturated heterocycles. The Morgan fingerprint density at radius 2 is 1.82 bits per heavy atom. The summed E-state index contributed by atoms with van der Waals surface area (Å²) in [7, 11) is 0. The van der Waals surface area contributed by atoms with Gasteiger partial charge in [0.25, 0.3) is 0 Å². The van der Waals surface area contributed by atoms with Crippen LogP contribution in [0.15, 0.2) is 16.6 Å². The van der Waals surface area contributed by atoms with E-state index < -0.39 is 6.49 Å². The van der Waals surface area contributed by atoms with Crippen molar-refractivity contribution >= 4 is 39.5 Å². The summed E-state index contributed by atoms with van der Waals surface area (Å²) in [4.78, 5) is 0. The van der Waals surface area contributed by atoms with Crippen LogP contribution in [0.1, 0.15) is 19.4 Å². The van der Waals surface area contributed by atoms with E-state index in [-0.39, 0.29) is 5.75 Å². The summed E-state index contributed by atoms with van der Waals surface area (Å²) in [6.07, 6.45) is 0. The van der Waals surface area contributed by atoms with Crippen LogP contribution in [0.25, 0.3) is 0 Å². The maximum Gasteiger partial charge on any atom is 0.223 e. The highest BCUT2D eigenvalue weighted by Gasteiger charge is 2.26. The molecule has 0 bridgehead atoms. The molecule has 0 radical (unpaired) electrons. The maximum absolute atomic E-state index is 10.1. The van der Waals surface area contributed by atoms with Crippen LogP contribution in [-0.2, 0) is 20.9 Å². The van der Waals surface area contributed by atoms with Gasteiger partial charge in [-0.3, -0.25) is 0 Å². The zero-order valence-electron chi connectivity index (χ0n) is 10.1. The molecule has 0 atom stereocenters. The summed E-state index contributed by atoms with van der Waals surface area (Å²) in [5.74, 6) is 0.112. The van der Waals surface area contributed by atoms with Crippen LogP contribution in [0.4, 0.5) is 0 Å². The molecule has 0 spiro atoms. The first-order valence-corrected chi connectivity index (χ1v) is 8.76. The second-order valence-electron chi connectivity index (χ2n) is 3.45. The summed E-state index contributed by atoms with van der Waals surface area (Å²) < 4.78 is 11.8. The lowest BCUT2D eigenvalue weighted by atomic mass is 10.2. The van der Waals surface area contributed by atoms with Gasteiger partial charge in [-0.1, -0.05) is 0 Å². The Bertz CT molecular complexity index is 441. The van der Waals surface area contributed by atoms with Crippen LogP contribution >= 0.6 is 22.4 Å². The normalized spacial score (nSPS) is 11.8. The van der Waals surface area contributed by atoms with Crippen molar-refractivity contribution in [2.24, 2.45) is 0 Å². The molecule has 0 aliphatic carbocycles. The fourth-order valence-corrected chi connectivity index (χ4v) is 4.99. The topological polar surface area (TPSA) is 38.7 Å². The molecule has 96 valence electrons. The number of aryl methyl sites for hydroxylation is 1. The number of halogens is 1. The van der Waals surface area contributed by atoms with Gasteiger partial charge in [-0.15, -0.1) is 0 Å². The van der Waals surface area contributed by atoms with Crippen molar-refractivity contribution < 1.29 is 14.2 Å². The van der Waals surface area contributed by atoms with Gasteiger partial charge in [-0.05, 0) is 66.2 Å². The molecule has 0 amide bonds. The number of rotatable bonds is 5. The molecule has 17 heavy (non-hydrogen) atoms. The Morgan fingerprint density at radius 1 is 1.29 bits per heavy atom. The van der Waals surface area contributed by atoms with Gasteiger partial charge in [0.15, 0.2) is 0 Å². The Kier molecular flexibility index (Phi) is 5.61. The summed E-state index contributed by atoms with van der Waals surface area (Å²) in [6.45, 7) is 3.97. The molecule has 1 rings (SSSR count). The molecule has 0 aliphatic heterocycles. The number of phenolic OH excluding ortho intramolecular Hbond substituents is 1. The quantitative estimate of drug-likeness (QED) is 0.834.